The van der Waals surface area contributed by atoms with Crippen LogP contribution in [-0.4, -0.2) is 27.8 Å². The van der Waals surface area contributed by atoms with E-state index >= 15 is 0 Å². The van der Waals surface area contributed by atoms with Gasteiger partial charge in [-0.2, -0.15) is 0 Å². The molecule has 3 aromatic carbocycles. The molecule has 0 unspecified atom stereocenters. The number of anilines is 2. The number of carbonyl (C=O) groups is 2. The third-order valence-corrected chi connectivity index (χ3v) is 6.03. The molecule has 29 heavy (non-hydrogen) atoms. The van der Waals surface area contributed by atoms with Crippen molar-refractivity contribution >= 4 is 56.5 Å². The summed E-state index contributed by atoms with van der Waals surface area (Å²) in [6, 6.07) is 22.6. The summed E-state index contributed by atoms with van der Waals surface area (Å²) < 4.78 is 0.612. The zero-order valence-corrected chi connectivity index (χ0v) is 16.8. The molecule has 0 radical (unpaired) electrons. The Morgan fingerprint density at radius 1 is 0.862 bits per heavy atom. The van der Waals surface area contributed by atoms with Crippen LogP contribution in [0.5, 0.6) is 0 Å². The van der Waals surface area contributed by atoms with Crippen LogP contribution in [0.15, 0.2) is 77.1 Å². The predicted molar refractivity (Wildman–Crippen MR) is 118 cm³/mol. The number of aromatic nitrogens is 2. The van der Waals surface area contributed by atoms with Crippen molar-refractivity contribution in [2.45, 2.75) is 4.34 Å². The minimum absolute atomic E-state index is 0.128. The molecule has 0 bridgehead atoms. The lowest BCUT2D eigenvalue weighted by Crippen LogP contribution is -2.14. The van der Waals surface area contributed by atoms with Gasteiger partial charge in [-0.1, -0.05) is 77.7 Å². The van der Waals surface area contributed by atoms with E-state index in [4.69, 9.17) is 0 Å². The molecule has 2 N–H and O–H groups in total. The van der Waals surface area contributed by atoms with Crippen molar-refractivity contribution in [2.75, 3.05) is 16.4 Å². The number of nitrogens with one attached hydrogen (secondary N) is 2. The average Bonchev–Trinajstić information content (AvgIpc) is 3.20. The first-order chi connectivity index (χ1) is 14.2. The third-order valence-electron chi connectivity index (χ3n) is 4.05. The lowest BCUT2D eigenvalue weighted by atomic mass is 10.1. The van der Waals surface area contributed by atoms with E-state index in [-0.39, 0.29) is 17.6 Å². The Morgan fingerprint density at radius 2 is 1.62 bits per heavy atom. The van der Waals surface area contributed by atoms with Gasteiger partial charge in [0, 0.05) is 16.6 Å². The molecular weight excluding hydrogens is 404 g/mol. The second-order valence-corrected chi connectivity index (χ2v) is 8.26. The van der Waals surface area contributed by atoms with Gasteiger partial charge in [-0.15, -0.1) is 10.2 Å². The number of nitrogens with zero attached hydrogens (tertiary/aromatic N) is 2. The summed E-state index contributed by atoms with van der Waals surface area (Å²) in [7, 11) is 0. The minimum atomic E-state index is -0.244. The maximum absolute atomic E-state index is 12.4. The Morgan fingerprint density at radius 3 is 2.48 bits per heavy atom. The number of hydrogen-bond acceptors (Lipinski definition) is 6. The fourth-order valence-corrected chi connectivity index (χ4v) is 4.27. The van der Waals surface area contributed by atoms with E-state index in [0.29, 0.717) is 15.0 Å². The highest BCUT2D eigenvalue weighted by atomic mass is 32.2. The van der Waals surface area contributed by atoms with Gasteiger partial charge in [0.15, 0.2) is 4.34 Å². The zero-order valence-electron chi connectivity index (χ0n) is 15.2. The molecule has 0 spiro atoms. The van der Waals surface area contributed by atoms with Crippen molar-refractivity contribution in [3.8, 4) is 0 Å². The van der Waals surface area contributed by atoms with E-state index in [1.165, 1.54) is 23.1 Å². The summed E-state index contributed by atoms with van der Waals surface area (Å²) in [5, 5.41) is 16.1. The fraction of sp³-hybridized carbons (Fsp3) is 0.0476. The van der Waals surface area contributed by atoms with E-state index in [2.05, 4.69) is 20.8 Å². The summed E-state index contributed by atoms with van der Waals surface area (Å²) in [6.45, 7) is 0. The normalized spacial score (nSPS) is 10.6. The lowest BCUT2D eigenvalue weighted by molar-refractivity contribution is -0.113. The van der Waals surface area contributed by atoms with Gasteiger partial charge in [-0.3, -0.25) is 14.9 Å². The van der Waals surface area contributed by atoms with E-state index in [0.717, 1.165) is 16.5 Å². The monoisotopic (exact) mass is 420 g/mol. The molecule has 0 aliphatic rings. The molecule has 0 saturated heterocycles. The van der Waals surface area contributed by atoms with E-state index in [9.17, 15) is 9.59 Å². The van der Waals surface area contributed by atoms with Crippen LogP contribution in [0.1, 0.15) is 10.4 Å². The van der Waals surface area contributed by atoms with E-state index in [1.54, 1.807) is 24.3 Å². The van der Waals surface area contributed by atoms with Crippen LogP contribution in [0, 0.1) is 0 Å². The van der Waals surface area contributed by atoms with Gasteiger partial charge in [0.2, 0.25) is 11.0 Å². The number of thioether (sulfide) groups is 1. The fourth-order valence-electron chi connectivity index (χ4n) is 2.73. The topological polar surface area (TPSA) is 84.0 Å². The van der Waals surface area contributed by atoms with Gasteiger partial charge in [0.05, 0.1) is 5.75 Å². The van der Waals surface area contributed by atoms with Crippen molar-refractivity contribution in [1.29, 1.82) is 0 Å². The molecule has 4 aromatic rings. The summed E-state index contributed by atoms with van der Waals surface area (Å²) in [4.78, 5) is 24.5. The highest BCUT2D eigenvalue weighted by Crippen LogP contribution is 2.27. The van der Waals surface area contributed by atoms with Crippen molar-refractivity contribution in [3.05, 3.63) is 78.4 Å². The van der Waals surface area contributed by atoms with Crippen LogP contribution in [0.3, 0.4) is 0 Å². The lowest BCUT2D eigenvalue weighted by Gasteiger charge is -2.08. The molecular formula is C21H16N4O2S2. The van der Waals surface area contributed by atoms with E-state index < -0.39 is 0 Å². The van der Waals surface area contributed by atoms with Crippen LogP contribution in [0.2, 0.25) is 0 Å². The zero-order chi connectivity index (χ0) is 20.1. The summed E-state index contributed by atoms with van der Waals surface area (Å²) in [6.07, 6.45) is 0. The van der Waals surface area contributed by atoms with Gasteiger partial charge >= 0.3 is 0 Å². The second kappa shape index (κ2) is 8.85. The molecule has 144 valence electrons. The molecule has 2 amide bonds. The first-order valence-corrected chi connectivity index (χ1v) is 10.6. The van der Waals surface area contributed by atoms with Gasteiger partial charge < -0.3 is 5.32 Å². The number of carbonyl (C=O) groups excluding carboxylic acids is 2. The Balaban J connectivity index is 1.33. The van der Waals surface area contributed by atoms with Gasteiger partial charge in [-0.05, 0) is 23.6 Å². The van der Waals surface area contributed by atoms with Crippen molar-refractivity contribution in [3.63, 3.8) is 0 Å². The maximum Gasteiger partial charge on any atom is 0.257 e. The molecule has 0 aliphatic carbocycles. The molecule has 0 saturated carbocycles. The molecule has 1 heterocycles. The number of rotatable bonds is 6. The molecule has 8 heteroatoms. The number of amides is 2. The van der Waals surface area contributed by atoms with Crippen molar-refractivity contribution < 1.29 is 9.59 Å². The summed E-state index contributed by atoms with van der Waals surface area (Å²) in [5.74, 6) is -0.173. The molecule has 6 nitrogen and oxygen atoms in total. The van der Waals surface area contributed by atoms with Crippen molar-refractivity contribution in [1.82, 2.24) is 10.2 Å². The minimum Gasteiger partial charge on any atom is -0.325 e. The Bertz CT molecular complexity index is 1160. The van der Waals surface area contributed by atoms with Gasteiger partial charge in [0.25, 0.3) is 5.91 Å². The predicted octanol–water partition coefficient (Wildman–Crippen LogP) is 4.67. The van der Waals surface area contributed by atoms with Crippen LogP contribution in [-0.2, 0) is 4.79 Å². The average molecular weight is 421 g/mol. The van der Waals surface area contributed by atoms with Gasteiger partial charge in [0.1, 0.15) is 0 Å². The smallest absolute Gasteiger partial charge is 0.257 e. The van der Waals surface area contributed by atoms with Crippen LogP contribution in [0.25, 0.3) is 10.8 Å². The summed E-state index contributed by atoms with van der Waals surface area (Å²) >= 11 is 2.51. The first-order valence-electron chi connectivity index (χ1n) is 8.79. The largest absolute Gasteiger partial charge is 0.325 e. The number of hydrogen-bond donors (Lipinski definition) is 2. The van der Waals surface area contributed by atoms with E-state index in [1.807, 2.05) is 48.5 Å². The Hall–Kier alpha value is -3.23. The molecule has 4 rings (SSSR count). The number of fused-ring (bicyclic) bond motifs is 1. The number of benzene rings is 3. The van der Waals surface area contributed by atoms with Crippen LogP contribution in [0.4, 0.5) is 10.8 Å². The Kier molecular flexibility index (Phi) is 5.83. The second-order valence-electron chi connectivity index (χ2n) is 6.06. The quantitative estimate of drug-likeness (QED) is 0.350. The van der Waals surface area contributed by atoms with Gasteiger partial charge in [-0.25, -0.2) is 0 Å². The standard InChI is InChI=1S/C21H16N4O2S2/c26-18(22-17-12-6-10-14-7-4-5-11-16(14)17)13-28-21-25-24-20(29-21)23-19(27)15-8-2-1-3-9-15/h1-12H,13H2,(H,22,26)(H,23,24,27). The molecule has 1 aromatic heterocycles. The molecule has 0 atom stereocenters. The summed E-state index contributed by atoms with van der Waals surface area (Å²) in [5.41, 5.74) is 1.33. The SMILES string of the molecule is O=C(CSc1nnc(NC(=O)c2ccccc2)s1)Nc1cccc2ccccc12. The maximum atomic E-state index is 12.4. The van der Waals surface area contributed by atoms with Crippen LogP contribution >= 0.6 is 23.1 Å². The molecule has 0 aliphatic heterocycles. The molecule has 0 fully saturated rings. The first kappa shape index (κ1) is 19.1. The third kappa shape index (κ3) is 4.79. The highest BCUT2D eigenvalue weighted by Gasteiger charge is 2.12. The highest BCUT2D eigenvalue weighted by molar-refractivity contribution is 8.01. The Labute approximate surface area is 175 Å². The van der Waals surface area contributed by atoms with Crippen LogP contribution < -0.4 is 10.6 Å². The van der Waals surface area contributed by atoms with Crippen molar-refractivity contribution in [2.24, 2.45) is 0 Å².